The molecule has 0 saturated heterocycles. The van der Waals surface area contributed by atoms with Crippen LogP contribution in [0.25, 0.3) is 22.2 Å². The summed E-state index contributed by atoms with van der Waals surface area (Å²) in [5, 5.41) is 6.18. The number of hydrogen-bond donors (Lipinski definition) is 2. The van der Waals surface area contributed by atoms with Crippen LogP contribution in [0.4, 0.5) is 0 Å². The first-order valence-electron chi connectivity index (χ1n) is 7.02. The number of rotatable bonds is 4. The van der Waals surface area contributed by atoms with Crippen molar-refractivity contribution in [1.82, 2.24) is 9.97 Å². The molecular weight excluding hydrogens is 298 g/mol. The van der Waals surface area contributed by atoms with E-state index in [4.69, 9.17) is 5.14 Å². The van der Waals surface area contributed by atoms with E-state index >= 15 is 0 Å². The summed E-state index contributed by atoms with van der Waals surface area (Å²) in [5.41, 5.74) is 4.79. The number of benzene rings is 1. The van der Waals surface area contributed by atoms with E-state index in [-0.39, 0.29) is 5.75 Å². The number of pyridine rings is 1. The molecular formula is C16H17N3O2S. The van der Waals surface area contributed by atoms with E-state index in [1.807, 2.05) is 24.5 Å². The maximum atomic E-state index is 11.1. The lowest BCUT2D eigenvalue weighted by Gasteiger charge is -2.04. The van der Waals surface area contributed by atoms with Gasteiger partial charge in [0.05, 0.1) is 5.75 Å². The highest BCUT2D eigenvalue weighted by Gasteiger charge is 2.08. The third-order valence-electron chi connectivity index (χ3n) is 3.65. The van der Waals surface area contributed by atoms with E-state index in [1.54, 1.807) is 12.1 Å². The van der Waals surface area contributed by atoms with E-state index < -0.39 is 10.0 Å². The topological polar surface area (TPSA) is 88.8 Å². The van der Waals surface area contributed by atoms with Gasteiger partial charge in [-0.1, -0.05) is 31.2 Å². The molecule has 0 bridgehead atoms. The number of aromatic nitrogens is 2. The Morgan fingerprint density at radius 1 is 1.18 bits per heavy atom. The molecule has 0 atom stereocenters. The van der Waals surface area contributed by atoms with Gasteiger partial charge in [0.2, 0.25) is 10.0 Å². The quantitative estimate of drug-likeness (QED) is 0.775. The fourth-order valence-electron chi connectivity index (χ4n) is 2.53. The molecule has 2 heterocycles. The Bertz CT molecular complexity index is 912. The van der Waals surface area contributed by atoms with Gasteiger partial charge in [0.15, 0.2) is 0 Å². The number of primary sulfonamides is 1. The summed E-state index contributed by atoms with van der Waals surface area (Å²) in [5.74, 6) is -0.150. The highest BCUT2D eigenvalue weighted by atomic mass is 32.2. The molecule has 0 aliphatic rings. The zero-order chi connectivity index (χ0) is 15.7. The summed E-state index contributed by atoms with van der Waals surface area (Å²) < 4.78 is 22.2. The third kappa shape index (κ3) is 3.03. The summed E-state index contributed by atoms with van der Waals surface area (Å²) in [6.07, 6.45) is 4.74. The number of nitrogens with two attached hydrogens (primary N) is 1. The molecule has 1 aromatic carbocycles. The number of nitrogens with zero attached hydrogens (tertiary/aromatic N) is 1. The van der Waals surface area contributed by atoms with Crippen molar-refractivity contribution in [3.63, 3.8) is 0 Å². The summed E-state index contributed by atoms with van der Waals surface area (Å²) >= 11 is 0. The first kappa shape index (κ1) is 14.7. The minimum absolute atomic E-state index is 0.150. The van der Waals surface area contributed by atoms with Crippen LogP contribution >= 0.6 is 0 Å². The van der Waals surface area contributed by atoms with Crippen LogP contribution in [-0.4, -0.2) is 18.4 Å². The zero-order valence-corrected chi connectivity index (χ0v) is 13.0. The predicted octanol–water partition coefficient (Wildman–Crippen LogP) is 2.58. The zero-order valence-electron chi connectivity index (χ0n) is 12.2. The standard InChI is InChI=1S/C16H17N3O2S/c1-2-12-8-18-16-15(12)7-14(9-19-16)13-5-3-11(4-6-13)10-22(17,20)21/h3-9H,2,10H2,1H3,(H,18,19)(H2,17,20,21). The Morgan fingerprint density at radius 3 is 2.55 bits per heavy atom. The van der Waals surface area contributed by atoms with Crippen LogP contribution in [0, 0.1) is 0 Å². The Labute approximate surface area is 129 Å². The van der Waals surface area contributed by atoms with E-state index in [9.17, 15) is 8.42 Å². The summed E-state index contributed by atoms with van der Waals surface area (Å²) in [6, 6.07) is 9.44. The first-order chi connectivity index (χ1) is 10.5. The Balaban J connectivity index is 1.97. The monoisotopic (exact) mass is 315 g/mol. The minimum atomic E-state index is -3.50. The van der Waals surface area contributed by atoms with Crippen molar-refractivity contribution < 1.29 is 8.42 Å². The van der Waals surface area contributed by atoms with Crippen LogP contribution in [0.5, 0.6) is 0 Å². The number of nitrogens with one attached hydrogen (secondary N) is 1. The van der Waals surface area contributed by atoms with Gasteiger partial charge in [0.25, 0.3) is 0 Å². The molecule has 0 fully saturated rings. The normalized spacial score (nSPS) is 11.9. The van der Waals surface area contributed by atoms with Crippen molar-refractivity contribution in [2.75, 3.05) is 0 Å². The van der Waals surface area contributed by atoms with Gasteiger partial charge >= 0.3 is 0 Å². The summed E-state index contributed by atoms with van der Waals surface area (Å²) in [6.45, 7) is 2.11. The second kappa shape index (κ2) is 5.55. The van der Waals surface area contributed by atoms with Crippen molar-refractivity contribution in [2.24, 2.45) is 5.14 Å². The SMILES string of the molecule is CCc1c[nH]c2ncc(-c3ccc(CS(N)(=O)=O)cc3)cc12. The van der Waals surface area contributed by atoms with Crippen LogP contribution in [-0.2, 0) is 22.2 Å². The molecule has 0 radical (unpaired) electrons. The van der Waals surface area contributed by atoms with Crippen molar-refractivity contribution in [2.45, 2.75) is 19.1 Å². The largest absolute Gasteiger partial charge is 0.346 e. The fraction of sp³-hybridized carbons (Fsp3) is 0.188. The maximum Gasteiger partial charge on any atom is 0.213 e. The average molecular weight is 315 g/mol. The second-order valence-corrected chi connectivity index (χ2v) is 6.91. The van der Waals surface area contributed by atoms with Gasteiger partial charge in [0, 0.05) is 23.3 Å². The molecule has 2 aromatic heterocycles. The van der Waals surface area contributed by atoms with Gasteiger partial charge in [-0.05, 0) is 29.2 Å². The molecule has 0 spiro atoms. The molecule has 0 amide bonds. The molecule has 0 unspecified atom stereocenters. The van der Waals surface area contributed by atoms with Gasteiger partial charge in [-0.15, -0.1) is 0 Å². The molecule has 3 aromatic rings. The first-order valence-corrected chi connectivity index (χ1v) is 8.73. The number of H-pyrrole nitrogens is 1. The van der Waals surface area contributed by atoms with Crippen LogP contribution in [0.1, 0.15) is 18.1 Å². The summed E-state index contributed by atoms with van der Waals surface area (Å²) in [7, 11) is -3.50. The average Bonchev–Trinajstić information content (AvgIpc) is 2.88. The molecule has 3 N–H and O–H groups in total. The Kier molecular flexibility index (Phi) is 3.72. The Hall–Kier alpha value is -2.18. The predicted molar refractivity (Wildman–Crippen MR) is 87.7 cm³/mol. The van der Waals surface area contributed by atoms with E-state index in [2.05, 4.69) is 23.0 Å². The highest BCUT2D eigenvalue weighted by molar-refractivity contribution is 7.88. The van der Waals surface area contributed by atoms with Gasteiger partial charge in [-0.2, -0.15) is 0 Å². The number of hydrogen-bond acceptors (Lipinski definition) is 3. The fourth-order valence-corrected chi connectivity index (χ4v) is 3.19. The molecule has 3 rings (SSSR count). The van der Waals surface area contributed by atoms with Crippen molar-refractivity contribution in [1.29, 1.82) is 0 Å². The molecule has 0 saturated carbocycles. The van der Waals surface area contributed by atoms with Gasteiger partial charge < -0.3 is 4.98 Å². The van der Waals surface area contributed by atoms with Crippen LogP contribution in [0.2, 0.25) is 0 Å². The van der Waals surface area contributed by atoms with E-state index in [0.717, 1.165) is 28.6 Å². The summed E-state index contributed by atoms with van der Waals surface area (Å²) in [4.78, 5) is 7.60. The molecule has 5 nitrogen and oxygen atoms in total. The number of sulfonamides is 1. The number of aromatic amines is 1. The van der Waals surface area contributed by atoms with E-state index in [0.29, 0.717) is 5.56 Å². The molecule has 6 heteroatoms. The molecule has 114 valence electrons. The highest BCUT2D eigenvalue weighted by Crippen LogP contribution is 2.25. The van der Waals surface area contributed by atoms with Crippen LogP contribution in [0.3, 0.4) is 0 Å². The number of fused-ring (bicyclic) bond motifs is 1. The van der Waals surface area contributed by atoms with Gasteiger partial charge in [-0.3, -0.25) is 0 Å². The molecule has 0 aliphatic carbocycles. The van der Waals surface area contributed by atoms with Crippen molar-refractivity contribution in [3.05, 3.63) is 53.9 Å². The lowest BCUT2D eigenvalue weighted by molar-refractivity contribution is 0.597. The van der Waals surface area contributed by atoms with Crippen LogP contribution < -0.4 is 5.14 Å². The lowest BCUT2D eigenvalue weighted by Crippen LogP contribution is -2.14. The van der Waals surface area contributed by atoms with Crippen LogP contribution in [0.15, 0.2) is 42.7 Å². The van der Waals surface area contributed by atoms with Gasteiger partial charge in [-0.25, -0.2) is 18.5 Å². The minimum Gasteiger partial charge on any atom is -0.346 e. The molecule has 0 aliphatic heterocycles. The van der Waals surface area contributed by atoms with E-state index in [1.165, 1.54) is 5.56 Å². The second-order valence-electron chi connectivity index (χ2n) is 5.29. The molecule has 22 heavy (non-hydrogen) atoms. The smallest absolute Gasteiger partial charge is 0.213 e. The van der Waals surface area contributed by atoms with Crippen molar-refractivity contribution in [3.8, 4) is 11.1 Å². The Morgan fingerprint density at radius 2 is 1.91 bits per heavy atom. The maximum absolute atomic E-state index is 11.1. The third-order valence-corrected chi connectivity index (χ3v) is 4.39. The van der Waals surface area contributed by atoms with Crippen molar-refractivity contribution >= 4 is 21.1 Å². The van der Waals surface area contributed by atoms with Gasteiger partial charge in [0.1, 0.15) is 5.65 Å². The lowest BCUT2D eigenvalue weighted by atomic mass is 10.0. The number of aryl methyl sites for hydroxylation is 1.